The van der Waals surface area contributed by atoms with Gasteiger partial charge in [-0.05, 0) is 48.1 Å². The van der Waals surface area contributed by atoms with Crippen molar-refractivity contribution in [1.82, 2.24) is 0 Å². The molecule has 3 aromatic rings. The molecule has 1 aliphatic heterocycles. The molecule has 0 saturated heterocycles. The topological polar surface area (TPSA) is 84.5 Å². The molecule has 0 aliphatic carbocycles. The van der Waals surface area contributed by atoms with Crippen molar-refractivity contribution >= 4 is 23.2 Å². The first-order valence-electron chi connectivity index (χ1n) is 11.4. The molecule has 3 aromatic carbocycles. The fourth-order valence-corrected chi connectivity index (χ4v) is 4.45. The van der Waals surface area contributed by atoms with Crippen molar-refractivity contribution in [3.8, 4) is 0 Å². The van der Waals surface area contributed by atoms with Crippen molar-refractivity contribution in [1.29, 1.82) is 0 Å². The standard InChI is InChI=1S/C28H29N3O2/c1-2-9-25(32)30-23-17-14-20(15-18-23)16-19-24-26(33)28(31-27(24)29,21-10-5-3-6-11-21)22-12-7-4-8-13-22/h3-8,10-15,17-18,24H,2,9,16,19H2,1H3,(H2,29,31)(H,30,32). The zero-order valence-corrected chi connectivity index (χ0v) is 18.8. The average Bonchev–Trinajstić information content (AvgIpc) is 3.10. The lowest BCUT2D eigenvalue weighted by atomic mass is 9.77. The average molecular weight is 440 g/mol. The number of rotatable bonds is 8. The van der Waals surface area contributed by atoms with E-state index in [1.807, 2.05) is 91.9 Å². The van der Waals surface area contributed by atoms with E-state index in [9.17, 15) is 9.59 Å². The minimum Gasteiger partial charge on any atom is -0.387 e. The van der Waals surface area contributed by atoms with Gasteiger partial charge in [0.25, 0.3) is 0 Å². The van der Waals surface area contributed by atoms with Crippen molar-refractivity contribution in [3.05, 3.63) is 102 Å². The highest BCUT2D eigenvalue weighted by Gasteiger charge is 2.50. The largest absolute Gasteiger partial charge is 0.387 e. The minimum absolute atomic E-state index is 0.0147. The number of amides is 1. The number of ketones is 1. The van der Waals surface area contributed by atoms with Crippen LogP contribution < -0.4 is 11.1 Å². The van der Waals surface area contributed by atoms with Crippen LogP contribution in [0.3, 0.4) is 0 Å². The first-order chi connectivity index (χ1) is 16.0. The molecular weight excluding hydrogens is 410 g/mol. The number of amidine groups is 1. The number of hydrogen-bond donors (Lipinski definition) is 2. The Morgan fingerprint density at radius 1 is 0.939 bits per heavy atom. The van der Waals surface area contributed by atoms with Crippen LogP contribution in [0.5, 0.6) is 0 Å². The Morgan fingerprint density at radius 3 is 2.06 bits per heavy atom. The van der Waals surface area contributed by atoms with Crippen LogP contribution in [0, 0.1) is 5.92 Å². The molecule has 5 nitrogen and oxygen atoms in total. The van der Waals surface area contributed by atoms with Crippen LogP contribution in [-0.4, -0.2) is 17.5 Å². The normalized spacial score (nSPS) is 16.9. The molecular formula is C28H29N3O2. The number of Topliss-reactive ketones (excluding diaryl/α,β-unsaturated/α-hetero) is 1. The summed E-state index contributed by atoms with van der Waals surface area (Å²) in [6, 6.07) is 27.1. The molecule has 33 heavy (non-hydrogen) atoms. The van der Waals surface area contributed by atoms with Crippen LogP contribution in [0.25, 0.3) is 0 Å². The molecule has 4 rings (SSSR count). The van der Waals surface area contributed by atoms with E-state index in [-0.39, 0.29) is 11.7 Å². The molecule has 0 saturated carbocycles. The Balaban J connectivity index is 1.53. The van der Waals surface area contributed by atoms with Gasteiger partial charge in [-0.1, -0.05) is 79.7 Å². The number of nitrogens with one attached hydrogen (secondary N) is 1. The van der Waals surface area contributed by atoms with Gasteiger partial charge >= 0.3 is 0 Å². The quantitative estimate of drug-likeness (QED) is 0.526. The third kappa shape index (κ3) is 4.58. The van der Waals surface area contributed by atoms with E-state index in [1.54, 1.807) is 0 Å². The monoisotopic (exact) mass is 439 g/mol. The van der Waals surface area contributed by atoms with E-state index in [1.165, 1.54) is 0 Å². The van der Waals surface area contributed by atoms with Gasteiger partial charge in [0.2, 0.25) is 5.91 Å². The summed E-state index contributed by atoms with van der Waals surface area (Å²) in [5.41, 5.74) is 8.80. The Hall–Kier alpha value is -3.73. The summed E-state index contributed by atoms with van der Waals surface area (Å²) in [7, 11) is 0. The molecule has 0 fully saturated rings. The molecule has 0 radical (unpaired) electrons. The van der Waals surface area contributed by atoms with Gasteiger partial charge in [-0.3, -0.25) is 9.59 Å². The Labute approximate surface area is 194 Å². The van der Waals surface area contributed by atoms with Gasteiger partial charge in [0.1, 0.15) is 5.84 Å². The summed E-state index contributed by atoms with van der Waals surface area (Å²) in [5, 5.41) is 2.90. The second kappa shape index (κ2) is 9.82. The third-order valence-corrected chi connectivity index (χ3v) is 6.15. The lowest BCUT2D eigenvalue weighted by Crippen LogP contribution is -2.36. The van der Waals surface area contributed by atoms with Crippen LogP contribution in [0.15, 0.2) is 89.9 Å². The Bertz CT molecular complexity index is 1100. The van der Waals surface area contributed by atoms with Gasteiger partial charge in [0.15, 0.2) is 11.3 Å². The van der Waals surface area contributed by atoms with Gasteiger partial charge in [0, 0.05) is 12.1 Å². The van der Waals surface area contributed by atoms with Gasteiger partial charge < -0.3 is 11.1 Å². The molecule has 0 spiro atoms. The van der Waals surface area contributed by atoms with Crippen molar-refractivity contribution in [3.63, 3.8) is 0 Å². The number of benzene rings is 3. The van der Waals surface area contributed by atoms with E-state index in [4.69, 9.17) is 10.7 Å². The number of aliphatic imine (C=N–C) groups is 1. The summed E-state index contributed by atoms with van der Waals surface area (Å²) in [5.74, 6) is -0.0321. The predicted molar refractivity (Wildman–Crippen MR) is 132 cm³/mol. The summed E-state index contributed by atoms with van der Waals surface area (Å²) < 4.78 is 0. The number of carbonyl (C=O) groups excluding carboxylic acids is 2. The summed E-state index contributed by atoms with van der Waals surface area (Å²) >= 11 is 0. The molecule has 1 unspecified atom stereocenters. The van der Waals surface area contributed by atoms with Crippen molar-refractivity contribution < 1.29 is 9.59 Å². The molecule has 1 atom stereocenters. The Kier molecular flexibility index (Phi) is 6.68. The fourth-order valence-electron chi connectivity index (χ4n) is 4.45. The lowest BCUT2D eigenvalue weighted by molar-refractivity contribution is -0.124. The smallest absolute Gasteiger partial charge is 0.224 e. The summed E-state index contributed by atoms with van der Waals surface area (Å²) in [6.45, 7) is 1.98. The fraction of sp³-hybridized carbons (Fsp3) is 0.250. The zero-order chi connectivity index (χ0) is 23.3. The van der Waals surface area contributed by atoms with Crippen LogP contribution in [0.4, 0.5) is 5.69 Å². The van der Waals surface area contributed by atoms with E-state index in [0.29, 0.717) is 25.1 Å². The first kappa shape index (κ1) is 22.5. The summed E-state index contributed by atoms with van der Waals surface area (Å²) in [6.07, 6.45) is 2.59. The minimum atomic E-state index is -1.11. The molecule has 1 heterocycles. The number of anilines is 1. The van der Waals surface area contributed by atoms with E-state index >= 15 is 0 Å². The number of aryl methyl sites for hydroxylation is 1. The molecule has 0 bridgehead atoms. The Morgan fingerprint density at radius 2 is 1.52 bits per heavy atom. The first-order valence-corrected chi connectivity index (χ1v) is 11.4. The highest BCUT2D eigenvalue weighted by Crippen LogP contribution is 2.42. The van der Waals surface area contributed by atoms with Gasteiger partial charge in [-0.2, -0.15) is 0 Å². The number of hydrogen-bond acceptors (Lipinski definition) is 4. The maximum Gasteiger partial charge on any atom is 0.224 e. The lowest BCUT2D eigenvalue weighted by Gasteiger charge is -2.26. The van der Waals surface area contributed by atoms with Crippen LogP contribution in [-0.2, 0) is 21.5 Å². The maximum atomic E-state index is 13.9. The molecule has 1 amide bonds. The predicted octanol–water partition coefficient (Wildman–Crippen LogP) is 4.86. The SMILES string of the molecule is CCCC(=O)Nc1ccc(CCC2C(=O)C(c3ccccc3)(c3ccccc3)N=C2N)cc1. The maximum absolute atomic E-state index is 13.9. The van der Waals surface area contributed by atoms with Crippen molar-refractivity contribution in [2.45, 2.75) is 38.1 Å². The third-order valence-electron chi connectivity index (χ3n) is 6.15. The highest BCUT2D eigenvalue weighted by molar-refractivity contribution is 6.14. The molecule has 0 aromatic heterocycles. The molecule has 5 heteroatoms. The highest BCUT2D eigenvalue weighted by atomic mass is 16.1. The van der Waals surface area contributed by atoms with E-state index in [2.05, 4.69) is 5.32 Å². The second-order valence-electron chi connectivity index (χ2n) is 8.43. The van der Waals surface area contributed by atoms with Gasteiger partial charge in [0.05, 0.1) is 5.92 Å². The molecule has 168 valence electrons. The van der Waals surface area contributed by atoms with Crippen LogP contribution in [0.2, 0.25) is 0 Å². The van der Waals surface area contributed by atoms with Crippen LogP contribution >= 0.6 is 0 Å². The van der Waals surface area contributed by atoms with Gasteiger partial charge in [-0.25, -0.2) is 4.99 Å². The summed E-state index contributed by atoms with van der Waals surface area (Å²) in [4.78, 5) is 30.4. The number of nitrogens with two attached hydrogens (primary N) is 1. The van der Waals surface area contributed by atoms with Crippen molar-refractivity contribution in [2.24, 2.45) is 16.6 Å². The van der Waals surface area contributed by atoms with Crippen molar-refractivity contribution in [2.75, 3.05) is 5.32 Å². The molecule has 3 N–H and O–H groups in total. The van der Waals surface area contributed by atoms with E-state index in [0.717, 1.165) is 28.8 Å². The molecule has 1 aliphatic rings. The number of carbonyl (C=O) groups is 2. The van der Waals surface area contributed by atoms with Crippen LogP contribution in [0.1, 0.15) is 42.9 Å². The second-order valence-corrected chi connectivity index (χ2v) is 8.43. The number of nitrogens with zero attached hydrogens (tertiary/aromatic N) is 1. The van der Waals surface area contributed by atoms with Gasteiger partial charge in [-0.15, -0.1) is 0 Å². The van der Waals surface area contributed by atoms with E-state index < -0.39 is 11.5 Å². The zero-order valence-electron chi connectivity index (χ0n) is 18.8.